The lowest BCUT2D eigenvalue weighted by Crippen LogP contribution is -1.91. The Morgan fingerprint density at radius 2 is 2.00 bits per heavy atom. The van der Waals surface area contributed by atoms with Gasteiger partial charge in [0.2, 0.25) is 0 Å². The fourth-order valence-corrected chi connectivity index (χ4v) is 1.22. The maximum atomic E-state index is 10.6. The highest BCUT2D eigenvalue weighted by molar-refractivity contribution is 7.89. The van der Waals surface area contributed by atoms with Gasteiger partial charge in [0.05, 0.1) is 12.0 Å². The highest BCUT2D eigenvalue weighted by atomic mass is 32.2. The Balaban J connectivity index is 2.92. The molecule has 1 N–H and O–H groups in total. The van der Waals surface area contributed by atoms with Crippen molar-refractivity contribution in [3.63, 3.8) is 0 Å². The minimum atomic E-state index is -2.01. The van der Waals surface area contributed by atoms with Crippen molar-refractivity contribution in [2.24, 2.45) is 0 Å². The number of hydrogen-bond acceptors (Lipinski definition) is 2. The lowest BCUT2D eigenvalue weighted by Gasteiger charge is -2.02. The zero-order valence-electron chi connectivity index (χ0n) is 7.19. The molecule has 0 saturated heterocycles. The quantitative estimate of drug-likeness (QED) is 0.754. The number of hydrogen-bond donors (Lipinski definition) is 1. The van der Waals surface area contributed by atoms with E-state index in [-0.39, 0.29) is 4.91 Å². The van der Waals surface area contributed by atoms with Crippen molar-refractivity contribution in [1.82, 2.24) is 0 Å². The largest absolute Gasteiger partial charge is 0.497 e. The third-order valence-corrected chi connectivity index (χ3v) is 2.28. The van der Waals surface area contributed by atoms with E-state index in [4.69, 9.17) is 9.29 Å². The molecular weight excluding hydrogens is 188 g/mol. The average Bonchev–Trinajstić information content (AvgIpc) is 2.17. The van der Waals surface area contributed by atoms with Gasteiger partial charge in [0.25, 0.3) is 0 Å². The molecule has 0 radical (unpaired) electrons. The summed E-state index contributed by atoms with van der Waals surface area (Å²) in [4.78, 5) is 0.197. The monoisotopic (exact) mass is 198 g/mol. The van der Waals surface area contributed by atoms with Crippen LogP contribution in [0.2, 0.25) is 0 Å². The summed E-state index contributed by atoms with van der Waals surface area (Å²) >= 11 is -2.01. The molecule has 13 heavy (non-hydrogen) atoms. The van der Waals surface area contributed by atoms with E-state index in [2.05, 4.69) is 6.58 Å². The zero-order chi connectivity index (χ0) is 9.84. The molecule has 1 atom stereocenters. The van der Waals surface area contributed by atoms with Crippen molar-refractivity contribution in [2.45, 2.75) is 0 Å². The first kappa shape index (κ1) is 9.95. The fourth-order valence-electron chi connectivity index (χ4n) is 0.878. The maximum Gasteiger partial charge on any atom is 0.186 e. The molecule has 0 spiro atoms. The normalized spacial score (nSPS) is 12.2. The van der Waals surface area contributed by atoms with Crippen LogP contribution in [0.15, 0.2) is 30.8 Å². The van der Waals surface area contributed by atoms with Gasteiger partial charge in [0, 0.05) is 0 Å². The zero-order valence-corrected chi connectivity index (χ0v) is 8.00. The molecule has 0 fully saturated rings. The van der Waals surface area contributed by atoms with Gasteiger partial charge in [-0.25, -0.2) is 4.21 Å². The van der Waals surface area contributed by atoms with Crippen molar-refractivity contribution in [1.29, 1.82) is 0 Å². The number of benzene rings is 1. The van der Waals surface area contributed by atoms with Crippen LogP contribution in [0, 0.1) is 0 Å². The molecule has 3 nitrogen and oxygen atoms in total. The second-order valence-electron chi connectivity index (χ2n) is 2.40. The summed E-state index contributed by atoms with van der Waals surface area (Å²) < 4.78 is 24.3. The molecule has 0 aliphatic heterocycles. The van der Waals surface area contributed by atoms with Crippen molar-refractivity contribution in [3.8, 4) is 5.75 Å². The predicted molar refractivity (Wildman–Crippen MR) is 52.8 cm³/mol. The second-order valence-corrected chi connectivity index (χ2v) is 3.39. The standard InChI is InChI=1S/C9H10O3S/c1-7(13(10)11)8-3-5-9(12-2)6-4-8/h3-6H,1H2,2H3,(H,10,11). The van der Waals surface area contributed by atoms with Crippen LogP contribution < -0.4 is 4.74 Å². The van der Waals surface area contributed by atoms with E-state index in [0.717, 1.165) is 0 Å². The molecule has 4 heteroatoms. The first-order valence-electron chi connectivity index (χ1n) is 3.59. The summed E-state index contributed by atoms with van der Waals surface area (Å²) in [6.45, 7) is 3.49. The van der Waals surface area contributed by atoms with E-state index in [9.17, 15) is 4.21 Å². The Morgan fingerprint density at radius 3 is 2.38 bits per heavy atom. The van der Waals surface area contributed by atoms with Gasteiger partial charge in [-0.2, -0.15) is 0 Å². The molecule has 0 aromatic heterocycles. The molecule has 1 rings (SSSR count). The summed E-state index contributed by atoms with van der Waals surface area (Å²) in [6, 6.07) is 6.81. The van der Waals surface area contributed by atoms with Gasteiger partial charge in [-0.15, -0.1) is 0 Å². The molecular formula is C9H10O3S. The van der Waals surface area contributed by atoms with Crippen LogP contribution in [0.25, 0.3) is 4.91 Å². The molecule has 0 aliphatic carbocycles. The predicted octanol–water partition coefficient (Wildman–Crippen LogP) is 1.89. The van der Waals surface area contributed by atoms with Crippen molar-refractivity contribution < 1.29 is 13.5 Å². The summed E-state index contributed by atoms with van der Waals surface area (Å²) in [5.74, 6) is 0.709. The summed E-state index contributed by atoms with van der Waals surface area (Å²) in [5, 5.41) is 0. The number of rotatable bonds is 3. The van der Waals surface area contributed by atoms with Gasteiger partial charge in [-0.1, -0.05) is 18.7 Å². The Hall–Kier alpha value is -1.13. The molecule has 0 aliphatic rings. The molecule has 0 bridgehead atoms. The first-order valence-corrected chi connectivity index (χ1v) is 4.70. The van der Waals surface area contributed by atoms with Crippen LogP contribution in [0.3, 0.4) is 0 Å². The fraction of sp³-hybridized carbons (Fsp3) is 0.111. The molecule has 0 heterocycles. The highest BCUT2D eigenvalue weighted by Gasteiger charge is 2.03. The van der Waals surface area contributed by atoms with E-state index in [1.54, 1.807) is 31.4 Å². The molecule has 1 unspecified atom stereocenters. The third kappa shape index (κ3) is 2.40. The minimum Gasteiger partial charge on any atom is -0.497 e. The highest BCUT2D eigenvalue weighted by Crippen LogP contribution is 2.18. The summed E-state index contributed by atoms with van der Waals surface area (Å²) in [6.07, 6.45) is 0. The topological polar surface area (TPSA) is 46.5 Å². The van der Waals surface area contributed by atoms with Crippen LogP contribution >= 0.6 is 0 Å². The first-order chi connectivity index (χ1) is 6.15. The molecule has 70 valence electrons. The van der Waals surface area contributed by atoms with Gasteiger partial charge in [0.15, 0.2) is 11.1 Å². The van der Waals surface area contributed by atoms with E-state index >= 15 is 0 Å². The SMILES string of the molecule is C=C(c1ccc(OC)cc1)S(=O)O. The minimum absolute atomic E-state index is 0.197. The Morgan fingerprint density at radius 1 is 1.46 bits per heavy atom. The Labute approximate surface area is 79.3 Å². The van der Waals surface area contributed by atoms with Gasteiger partial charge in [-0.3, -0.25) is 0 Å². The van der Waals surface area contributed by atoms with E-state index in [1.807, 2.05) is 0 Å². The number of methoxy groups -OCH3 is 1. The molecule has 1 aromatic rings. The second kappa shape index (κ2) is 4.20. The van der Waals surface area contributed by atoms with Gasteiger partial charge in [0.1, 0.15) is 5.75 Å². The van der Waals surface area contributed by atoms with Crippen LogP contribution in [-0.2, 0) is 11.1 Å². The molecule has 0 amide bonds. The summed E-state index contributed by atoms with van der Waals surface area (Å²) in [5.41, 5.74) is 0.640. The smallest absolute Gasteiger partial charge is 0.186 e. The van der Waals surface area contributed by atoms with Gasteiger partial charge < -0.3 is 9.29 Å². The lowest BCUT2D eigenvalue weighted by molar-refractivity contribution is 0.415. The van der Waals surface area contributed by atoms with E-state index in [1.165, 1.54) is 0 Å². The molecule has 0 saturated carbocycles. The maximum absolute atomic E-state index is 10.6. The Bertz CT molecular complexity index is 329. The van der Waals surface area contributed by atoms with Crippen LogP contribution in [0.5, 0.6) is 5.75 Å². The molecule has 1 aromatic carbocycles. The van der Waals surface area contributed by atoms with Crippen molar-refractivity contribution in [3.05, 3.63) is 36.4 Å². The van der Waals surface area contributed by atoms with Crippen molar-refractivity contribution >= 4 is 16.0 Å². The number of ether oxygens (including phenoxy) is 1. The Kier molecular flexibility index (Phi) is 3.22. The lowest BCUT2D eigenvalue weighted by atomic mass is 10.2. The van der Waals surface area contributed by atoms with Crippen LogP contribution in [-0.4, -0.2) is 15.9 Å². The van der Waals surface area contributed by atoms with Crippen LogP contribution in [0.1, 0.15) is 5.56 Å². The van der Waals surface area contributed by atoms with Gasteiger partial charge >= 0.3 is 0 Å². The van der Waals surface area contributed by atoms with E-state index < -0.39 is 11.1 Å². The van der Waals surface area contributed by atoms with Crippen molar-refractivity contribution in [2.75, 3.05) is 7.11 Å². The third-order valence-electron chi connectivity index (χ3n) is 1.62. The van der Waals surface area contributed by atoms with Crippen LogP contribution in [0.4, 0.5) is 0 Å². The average molecular weight is 198 g/mol. The summed E-state index contributed by atoms with van der Waals surface area (Å²) in [7, 11) is 1.56. The van der Waals surface area contributed by atoms with Gasteiger partial charge in [-0.05, 0) is 17.7 Å². The van der Waals surface area contributed by atoms with E-state index in [0.29, 0.717) is 11.3 Å².